The Hall–Kier alpha value is -0.840. The predicted octanol–water partition coefficient (Wildman–Crippen LogP) is 3.31. The summed E-state index contributed by atoms with van der Waals surface area (Å²) in [5.41, 5.74) is 1.95. The Morgan fingerprint density at radius 3 is 3.06 bits per heavy atom. The highest BCUT2D eigenvalue weighted by molar-refractivity contribution is 7.14. The van der Waals surface area contributed by atoms with E-state index in [1.165, 1.54) is 24.2 Å². The third kappa shape index (κ3) is 2.29. The SMILES string of the molecule is Clc1cc(-c2cc(CNC3CC3)no2)cs1. The molecule has 0 atom stereocenters. The minimum absolute atomic E-state index is 0.691. The van der Waals surface area contributed by atoms with Gasteiger partial charge in [-0.1, -0.05) is 16.8 Å². The Labute approximate surface area is 102 Å². The number of rotatable bonds is 4. The summed E-state index contributed by atoms with van der Waals surface area (Å²) in [4.78, 5) is 0. The maximum Gasteiger partial charge on any atom is 0.168 e. The molecule has 84 valence electrons. The smallest absolute Gasteiger partial charge is 0.168 e. The van der Waals surface area contributed by atoms with Crippen LogP contribution in [0.5, 0.6) is 0 Å². The van der Waals surface area contributed by atoms with Gasteiger partial charge >= 0.3 is 0 Å². The van der Waals surface area contributed by atoms with Gasteiger partial charge in [0.1, 0.15) is 0 Å². The van der Waals surface area contributed by atoms with Crippen LogP contribution in [0.2, 0.25) is 4.34 Å². The summed E-state index contributed by atoms with van der Waals surface area (Å²) in [6.07, 6.45) is 2.57. The highest BCUT2D eigenvalue weighted by atomic mass is 35.5. The molecular formula is C11H11ClN2OS. The van der Waals surface area contributed by atoms with Crippen molar-refractivity contribution in [2.45, 2.75) is 25.4 Å². The Balaban J connectivity index is 1.71. The highest BCUT2D eigenvalue weighted by Gasteiger charge is 2.20. The average Bonchev–Trinajstić information content (AvgIpc) is 2.81. The van der Waals surface area contributed by atoms with Crippen molar-refractivity contribution in [3.05, 3.63) is 27.5 Å². The monoisotopic (exact) mass is 254 g/mol. The molecule has 5 heteroatoms. The number of nitrogens with one attached hydrogen (secondary N) is 1. The van der Waals surface area contributed by atoms with E-state index >= 15 is 0 Å². The van der Waals surface area contributed by atoms with Crippen LogP contribution >= 0.6 is 22.9 Å². The Kier molecular flexibility index (Phi) is 2.71. The maximum absolute atomic E-state index is 5.87. The molecule has 0 unspecified atom stereocenters. The summed E-state index contributed by atoms with van der Waals surface area (Å²) in [6.45, 7) is 0.784. The normalized spacial score (nSPS) is 15.6. The van der Waals surface area contributed by atoms with Gasteiger partial charge in [-0.2, -0.15) is 0 Å². The minimum Gasteiger partial charge on any atom is -0.356 e. The lowest BCUT2D eigenvalue weighted by Crippen LogP contribution is -2.15. The fourth-order valence-corrected chi connectivity index (χ4v) is 2.38. The van der Waals surface area contributed by atoms with E-state index in [-0.39, 0.29) is 0 Å². The van der Waals surface area contributed by atoms with Crippen LogP contribution in [0.1, 0.15) is 18.5 Å². The van der Waals surface area contributed by atoms with Gasteiger partial charge in [-0.05, 0) is 18.9 Å². The lowest BCUT2D eigenvalue weighted by Gasteiger charge is -1.95. The van der Waals surface area contributed by atoms with Gasteiger partial charge < -0.3 is 9.84 Å². The van der Waals surface area contributed by atoms with Crippen molar-refractivity contribution in [1.82, 2.24) is 10.5 Å². The average molecular weight is 255 g/mol. The van der Waals surface area contributed by atoms with Crippen molar-refractivity contribution in [3.8, 4) is 11.3 Å². The molecule has 2 aromatic heterocycles. The summed E-state index contributed by atoms with van der Waals surface area (Å²) in [6, 6.07) is 4.55. The Morgan fingerprint density at radius 2 is 2.38 bits per heavy atom. The molecule has 1 N–H and O–H groups in total. The Morgan fingerprint density at radius 1 is 1.50 bits per heavy atom. The summed E-state index contributed by atoms with van der Waals surface area (Å²) >= 11 is 7.37. The maximum atomic E-state index is 5.87. The molecule has 0 amide bonds. The van der Waals surface area contributed by atoms with E-state index in [9.17, 15) is 0 Å². The van der Waals surface area contributed by atoms with Gasteiger partial charge in [-0.25, -0.2) is 0 Å². The number of nitrogens with zero attached hydrogens (tertiary/aromatic N) is 1. The van der Waals surface area contributed by atoms with E-state index in [2.05, 4.69) is 10.5 Å². The van der Waals surface area contributed by atoms with E-state index in [1.54, 1.807) is 0 Å². The fourth-order valence-electron chi connectivity index (χ4n) is 1.51. The van der Waals surface area contributed by atoms with E-state index in [4.69, 9.17) is 16.1 Å². The summed E-state index contributed by atoms with van der Waals surface area (Å²) in [7, 11) is 0. The number of aromatic nitrogens is 1. The standard InChI is InChI=1S/C11H11ClN2OS/c12-11-3-7(6-16-11)10-4-9(14-15-10)5-13-8-1-2-8/h3-4,6,8,13H,1-2,5H2. The van der Waals surface area contributed by atoms with Crippen molar-refractivity contribution >= 4 is 22.9 Å². The second kappa shape index (κ2) is 4.20. The molecule has 1 saturated carbocycles. The highest BCUT2D eigenvalue weighted by Crippen LogP contribution is 2.29. The van der Waals surface area contributed by atoms with Crippen molar-refractivity contribution in [2.24, 2.45) is 0 Å². The molecule has 16 heavy (non-hydrogen) atoms. The fraction of sp³-hybridized carbons (Fsp3) is 0.364. The van der Waals surface area contributed by atoms with Crippen molar-refractivity contribution < 1.29 is 4.52 Å². The second-order valence-corrected chi connectivity index (χ2v) is 5.52. The quantitative estimate of drug-likeness (QED) is 0.910. The van der Waals surface area contributed by atoms with Crippen LogP contribution in [0.3, 0.4) is 0 Å². The molecule has 1 fully saturated rings. The van der Waals surface area contributed by atoms with Crippen LogP contribution in [0.15, 0.2) is 22.0 Å². The summed E-state index contributed by atoms with van der Waals surface area (Å²) < 4.78 is 6.04. The van der Waals surface area contributed by atoms with Gasteiger partial charge in [-0.15, -0.1) is 11.3 Å². The van der Waals surface area contributed by atoms with E-state index in [1.807, 2.05) is 17.5 Å². The molecule has 3 nitrogen and oxygen atoms in total. The first-order valence-electron chi connectivity index (χ1n) is 5.24. The van der Waals surface area contributed by atoms with Gasteiger partial charge in [0, 0.05) is 29.6 Å². The van der Waals surface area contributed by atoms with Gasteiger partial charge in [0.25, 0.3) is 0 Å². The number of halogens is 1. The molecule has 2 aromatic rings. The largest absolute Gasteiger partial charge is 0.356 e. The van der Waals surface area contributed by atoms with Gasteiger partial charge in [0.05, 0.1) is 10.0 Å². The predicted molar refractivity (Wildman–Crippen MR) is 64.7 cm³/mol. The van der Waals surface area contributed by atoms with Crippen LogP contribution in [0.25, 0.3) is 11.3 Å². The summed E-state index contributed by atoms with van der Waals surface area (Å²) in [5, 5.41) is 9.40. The third-order valence-electron chi connectivity index (χ3n) is 2.56. The van der Waals surface area contributed by atoms with Crippen LogP contribution < -0.4 is 5.32 Å². The van der Waals surface area contributed by atoms with Crippen LogP contribution in [0.4, 0.5) is 0 Å². The molecule has 0 saturated heterocycles. The first kappa shape index (κ1) is 10.3. The lowest BCUT2D eigenvalue weighted by atomic mass is 10.2. The molecule has 0 radical (unpaired) electrons. The van der Waals surface area contributed by atoms with E-state index < -0.39 is 0 Å². The van der Waals surface area contributed by atoms with Crippen LogP contribution in [-0.4, -0.2) is 11.2 Å². The summed E-state index contributed by atoms with van der Waals surface area (Å²) in [5.74, 6) is 0.788. The number of thiophene rings is 1. The van der Waals surface area contributed by atoms with Crippen molar-refractivity contribution in [2.75, 3.05) is 0 Å². The molecule has 2 heterocycles. The Bertz CT molecular complexity index is 490. The van der Waals surface area contributed by atoms with E-state index in [0.29, 0.717) is 6.04 Å². The van der Waals surface area contributed by atoms with Gasteiger partial charge in [-0.3, -0.25) is 0 Å². The second-order valence-electron chi connectivity index (χ2n) is 3.98. The molecule has 1 aliphatic rings. The molecule has 0 bridgehead atoms. The molecule has 0 aromatic carbocycles. The molecule has 0 aliphatic heterocycles. The molecule has 3 rings (SSSR count). The number of hydrogen-bond acceptors (Lipinski definition) is 4. The first-order valence-corrected chi connectivity index (χ1v) is 6.50. The van der Waals surface area contributed by atoms with Crippen molar-refractivity contribution in [1.29, 1.82) is 0 Å². The zero-order valence-corrected chi connectivity index (χ0v) is 10.1. The van der Waals surface area contributed by atoms with Gasteiger partial charge in [0.2, 0.25) is 0 Å². The molecule has 1 aliphatic carbocycles. The van der Waals surface area contributed by atoms with E-state index in [0.717, 1.165) is 27.9 Å². The first-order chi connectivity index (χ1) is 7.81. The topological polar surface area (TPSA) is 38.1 Å². The zero-order valence-electron chi connectivity index (χ0n) is 8.57. The molecule has 0 spiro atoms. The number of hydrogen-bond donors (Lipinski definition) is 1. The van der Waals surface area contributed by atoms with Crippen LogP contribution in [0, 0.1) is 0 Å². The molecular weight excluding hydrogens is 244 g/mol. The third-order valence-corrected chi connectivity index (χ3v) is 3.65. The van der Waals surface area contributed by atoms with Crippen molar-refractivity contribution in [3.63, 3.8) is 0 Å². The van der Waals surface area contributed by atoms with Gasteiger partial charge in [0.15, 0.2) is 5.76 Å². The van der Waals surface area contributed by atoms with Crippen LogP contribution in [-0.2, 0) is 6.54 Å². The minimum atomic E-state index is 0.691. The zero-order chi connectivity index (χ0) is 11.0. The lowest BCUT2D eigenvalue weighted by molar-refractivity contribution is 0.420.